The zero-order valence-electron chi connectivity index (χ0n) is 31.7. The van der Waals surface area contributed by atoms with Crippen LogP contribution < -0.4 is 41.2 Å². The highest BCUT2D eigenvalue weighted by atomic mass is 16.5. The van der Waals surface area contributed by atoms with Crippen LogP contribution in [0.25, 0.3) is 11.1 Å². The number of carbonyl (C=O) groups excluding carboxylic acids is 4. The Labute approximate surface area is 321 Å². The van der Waals surface area contributed by atoms with Gasteiger partial charge in [0.1, 0.15) is 42.9 Å². The lowest BCUT2D eigenvalue weighted by molar-refractivity contribution is -0.135. The lowest BCUT2D eigenvalue weighted by Crippen LogP contribution is -2.60. The third-order valence-corrected chi connectivity index (χ3v) is 9.17. The predicted molar refractivity (Wildman–Crippen MR) is 202 cm³/mol. The number of amides is 4. The molecule has 0 unspecified atom stereocenters. The number of benzene rings is 3. The number of nitrogens with one attached hydrogen (secondary N) is 4. The second-order valence-corrected chi connectivity index (χ2v) is 13.8. The first-order valence-corrected chi connectivity index (χ1v) is 18.0. The molecular weight excluding hydrogens is 724 g/mol. The van der Waals surface area contributed by atoms with Gasteiger partial charge in [-0.1, -0.05) is 30.3 Å². The van der Waals surface area contributed by atoms with Gasteiger partial charge in [-0.15, -0.1) is 0 Å². The number of fused-ring (bicyclic) bond motifs is 15. The van der Waals surface area contributed by atoms with E-state index in [0.29, 0.717) is 45.6 Å². The van der Waals surface area contributed by atoms with Crippen molar-refractivity contribution in [2.45, 2.75) is 64.3 Å². The Hall–Kier alpha value is -6.65. The first kappa shape index (κ1) is 39.1. The molecule has 0 saturated carbocycles. The van der Waals surface area contributed by atoms with Gasteiger partial charge in [0, 0.05) is 12.8 Å². The third kappa shape index (κ3) is 9.17. The first-order chi connectivity index (χ1) is 26.8. The van der Waals surface area contributed by atoms with Crippen molar-refractivity contribution in [1.82, 2.24) is 40.6 Å². The molecule has 5 aromatic rings. The van der Waals surface area contributed by atoms with Crippen molar-refractivity contribution in [3.63, 3.8) is 0 Å². The molecular formula is C39H44N8O9. The SMILES string of the molecule is COc1ccc(Cc2nc3n(n2)CC(=O)NCCOc2ccc(cc2)C[C@H](NC(=O)Cn2c(=O)oc4ccccc42)C(=O)NC(C)(C)C(=O)N[C@@H]3C)cc1OC. The molecule has 4 heterocycles. The van der Waals surface area contributed by atoms with E-state index in [2.05, 4.69) is 26.4 Å². The predicted octanol–water partition coefficient (Wildman–Crippen LogP) is 1.80. The lowest BCUT2D eigenvalue weighted by atomic mass is 10.00. The Bertz CT molecular complexity index is 2290. The van der Waals surface area contributed by atoms with Crippen LogP contribution in [0.4, 0.5) is 0 Å². The highest BCUT2D eigenvalue weighted by Gasteiger charge is 2.35. The van der Waals surface area contributed by atoms with Crippen molar-refractivity contribution in [2.24, 2.45) is 0 Å². The van der Waals surface area contributed by atoms with E-state index in [1.165, 1.54) is 30.2 Å². The van der Waals surface area contributed by atoms with Gasteiger partial charge in [0.25, 0.3) is 0 Å². The highest BCUT2D eigenvalue weighted by molar-refractivity contribution is 5.94. The summed E-state index contributed by atoms with van der Waals surface area (Å²) in [5, 5.41) is 15.9. The van der Waals surface area contributed by atoms with Gasteiger partial charge in [-0.25, -0.2) is 14.5 Å². The number of ether oxygens (including phenoxy) is 3. The maximum absolute atomic E-state index is 14.0. The number of hydrogen-bond donors (Lipinski definition) is 4. The Morgan fingerprint density at radius 3 is 2.50 bits per heavy atom. The molecule has 7 rings (SSSR count). The molecule has 4 N–H and O–H groups in total. The highest BCUT2D eigenvalue weighted by Crippen LogP contribution is 2.28. The molecule has 294 valence electrons. The summed E-state index contributed by atoms with van der Waals surface area (Å²) in [6.45, 7) is 4.54. The van der Waals surface area contributed by atoms with Crippen LogP contribution in [-0.4, -0.2) is 81.9 Å². The number of methoxy groups -OCH3 is 2. The van der Waals surface area contributed by atoms with Crippen molar-refractivity contribution in [3.05, 3.63) is 100 Å². The van der Waals surface area contributed by atoms with Gasteiger partial charge < -0.3 is 39.9 Å². The molecule has 2 aliphatic heterocycles. The van der Waals surface area contributed by atoms with E-state index in [1.807, 2.05) is 12.1 Å². The molecule has 2 aromatic heterocycles. The van der Waals surface area contributed by atoms with E-state index < -0.39 is 47.6 Å². The molecule has 2 aliphatic rings. The number of hydrogen-bond acceptors (Lipinski definition) is 11. The molecule has 56 heavy (non-hydrogen) atoms. The number of para-hydroxylation sites is 2. The quantitative estimate of drug-likeness (QED) is 0.188. The molecule has 0 radical (unpaired) electrons. The number of oxazole rings is 1. The van der Waals surface area contributed by atoms with E-state index in [9.17, 15) is 24.0 Å². The molecule has 17 nitrogen and oxygen atoms in total. The van der Waals surface area contributed by atoms with Gasteiger partial charge in [-0.05, 0) is 68.3 Å². The monoisotopic (exact) mass is 768 g/mol. The summed E-state index contributed by atoms with van der Waals surface area (Å²) in [6, 6.07) is 17.1. The lowest BCUT2D eigenvalue weighted by Gasteiger charge is -2.29. The summed E-state index contributed by atoms with van der Waals surface area (Å²) < 4.78 is 24.5. The van der Waals surface area contributed by atoms with E-state index >= 15 is 0 Å². The van der Waals surface area contributed by atoms with Crippen LogP contribution in [0.5, 0.6) is 17.2 Å². The fraction of sp³-hybridized carbons (Fsp3) is 0.359. The standard InChI is InChI=1S/C39H44N8O9/c1-23-35-43-32(20-25-12-15-30(53-4)31(19-25)54-5)45-47(35)22-33(48)40-16-17-55-26-13-10-24(11-14-26)18-27(36(50)44-39(2,3)37(51)41-23)42-34(49)21-46-28-8-6-7-9-29(28)56-38(46)52/h6-15,19,23,27H,16-18,20-22H2,1-5H3,(H,40,48)(H,41,51)(H,42,49)(H,44,50)/t23-,27+/m1/s1. The van der Waals surface area contributed by atoms with Crippen molar-refractivity contribution in [3.8, 4) is 17.2 Å². The van der Waals surface area contributed by atoms with E-state index in [0.717, 1.165) is 5.56 Å². The second kappa shape index (κ2) is 16.8. The third-order valence-electron chi connectivity index (χ3n) is 9.17. The summed E-state index contributed by atoms with van der Waals surface area (Å²) >= 11 is 0. The molecule has 0 saturated heterocycles. The van der Waals surface area contributed by atoms with Gasteiger partial charge >= 0.3 is 5.76 Å². The number of rotatable bonds is 7. The van der Waals surface area contributed by atoms with Crippen molar-refractivity contribution < 1.29 is 37.8 Å². The van der Waals surface area contributed by atoms with Gasteiger partial charge in [-0.3, -0.25) is 23.7 Å². The Morgan fingerprint density at radius 1 is 1.00 bits per heavy atom. The van der Waals surface area contributed by atoms with Crippen LogP contribution in [0.1, 0.15) is 49.6 Å². The van der Waals surface area contributed by atoms with Crippen LogP contribution in [0, 0.1) is 0 Å². The minimum atomic E-state index is -1.49. The zero-order valence-corrected chi connectivity index (χ0v) is 31.7. The van der Waals surface area contributed by atoms with Crippen LogP contribution >= 0.6 is 0 Å². The van der Waals surface area contributed by atoms with Crippen molar-refractivity contribution >= 4 is 34.7 Å². The average molecular weight is 769 g/mol. The largest absolute Gasteiger partial charge is 0.493 e. The van der Waals surface area contributed by atoms with E-state index in [-0.39, 0.29) is 38.4 Å². The molecule has 0 fully saturated rings. The zero-order chi connectivity index (χ0) is 40.0. The fourth-order valence-corrected chi connectivity index (χ4v) is 6.25. The maximum atomic E-state index is 14.0. The number of carbonyl (C=O) groups is 4. The summed E-state index contributed by atoms with van der Waals surface area (Å²) in [4.78, 5) is 71.5. The van der Waals surface area contributed by atoms with E-state index in [1.54, 1.807) is 68.6 Å². The van der Waals surface area contributed by atoms with E-state index in [4.69, 9.17) is 23.6 Å². The maximum Gasteiger partial charge on any atom is 0.420 e. The molecule has 2 bridgehead atoms. The van der Waals surface area contributed by atoms with Crippen LogP contribution in [0.2, 0.25) is 0 Å². The second-order valence-electron chi connectivity index (χ2n) is 13.8. The summed E-state index contributed by atoms with van der Waals surface area (Å²) in [5.74, 6) is -0.543. The fourth-order valence-electron chi connectivity index (χ4n) is 6.25. The van der Waals surface area contributed by atoms with Crippen LogP contribution in [0.15, 0.2) is 75.9 Å². The van der Waals surface area contributed by atoms with Crippen molar-refractivity contribution in [2.75, 3.05) is 27.4 Å². The van der Waals surface area contributed by atoms with Crippen LogP contribution in [0.3, 0.4) is 0 Å². The Morgan fingerprint density at radius 2 is 1.75 bits per heavy atom. The van der Waals surface area contributed by atoms with Gasteiger partial charge in [0.2, 0.25) is 23.6 Å². The molecule has 17 heteroatoms. The van der Waals surface area contributed by atoms with Gasteiger partial charge in [0.15, 0.2) is 22.9 Å². The molecule has 0 aliphatic carbocycles. The molecule has 3 aromatic carbocycles. The number of nitrogens with zero attached hydrogens (tertiary/aromatic N) is 4. The topological polar surface area (TPSA) is 210 Å². The summed E-state index contributed by atoms with van der Waals surface area (Å²) in [5.41, 5.74) is 0.773. The number of aromatic nitrogens is 4. The molecule has 0 spiro atoms. The summed E-state index contributed by atoms with van der Waals surface area (Å²) in [6.07, 6.45) is 0.338. The van der Waals surface area contributed by atoms with Crippen molar-refractivity contribution in [1.29, 1.82) is 0 Å². The summed E-state index contributed by atoms with van der Waals surface area (Å²) in [7, 11) is 3.09. The molecule has 2 atom stereocenters. The first-order valence-electron chi connectivity index (χ1n) is 18.0. The Balaban J connectivity index is 1.25. The minimum absolute atomic E-state index is 0.0506. The van der Waals surface area contributed by atoms with Gasteiger partial charge in [0.05, 0.1) is 32.3 Å². The average Bonchev–Trinajstić information content (AvgIpc) is 3.71. The smallest absolute Gasteiger partial charge is 0.420 e. The van der Waals surface area contributed by atoms with Crippen LogP contribution in [-0.2, 0) is 45.1 Å². The van der Waals surface area contributed by atoms with Gasteiger partial charge in [-0.2, -0.15) is 5.10 Å². The minimum Gasteiger partial charge on any atom is -0.493 e. The normalized spacial score (nSPS) is 17.8. The molecule has 4 amide bonds. The Kier molecular flexibility index (Phi) is 11.7.